The van der Waals surface area contributed by atoms with Crippen LogP contribution in [0.1, 0.15) is 20.8 Å². The van der Waals surface area contributed by atoms with E-state index >= 15 is 0 Å². The van der Waals surface area contributed by atoms with Gasteiger partial charge in [-0.05, 0) is 39.0 Å². The Morgan fingerprint density at radius 2 is 2.05 bits per heavy atom. The first-order valence-electron chi connectivity index (χ1n) is 6.55. The number of carbonyl (C=O) groups is 1. The average Bonchev–Trinajstić information content (AvgIpc) is 2.35. The molecule has 7 heteroatoms. The third-order valence-electron chi connectivity index (χ3n) is 2.91. The van der Waals surface area contributed by atoms with Crippen LogP contribution in [0.5, 0.6) is 5.75 Å². The molecule has 0 radical (unpaired) electrons. The molecule has 0 aromatic heterocycles. The average molecular weight is 314 g/mol. The van der Waals surface area contributed by atoms with Crippen molar-refractivity contribution in [1.82, 2.24) is 5.32 Å². The standard InChI is InChI=1S/C14H22N2O4S/c1-10(2)16-14(3,13(15)17)9-20-11-6-5-7-12(8-11)21(4,18)19/h5-8,10,16H,9H2,1-4H3,(H2,15,17). The van der Waals surface area contributed by atoms with E-state index in [0.717, 1.165) is 6.26 Å². The first-order valence-corrected chi connectivity index (χ1v) is 8.44. The van der Waals surface area contributed by atoms with E-state index in [4.69, 9.17) is 10.5 Å². The Labute approximate surface area is 125 Å². The molecule has 1 atom stereocenters. The van der Waals surface area contributed by atoms with Crippen LogP contribution in [0, 0.1) is 0 Å². The van der Waals surface area contributed by atoms with Crippen molar-refractivity contribution >= 4 is 15.7 Å². The van der Waals surface area contributed by atoms with Crippen molar-refractivity contribution in [2.24, 2.45) is 5.73 Å². The SMILES string of the molecule is CC(C)NC(C)(COc1cccc(S(C)(=O)=O)c1)C(N)=O. The minimum absolute atomic E-state index is 0.00767. The molecule has 0 saturated heterocycles. The van der Waals surface area contributed by atoms with Gasteiger partial charge in [-0.15, -0.1) is 0 Å². The number of sulfone groups is 1. The maximum Gasteiger partial charge on any atom is 0.240 e. The van der Waals surface area contributed by atoms with Gasteiger partial charge < -0.3 is 10.5 Å². The van der Waals surface area contributed by atoms with E-state index < -0.39 is 21.3 Å². The van der Waals surface area contributed by atoms with Crippen molar-refractivity contribution < 1.29 is 17.9 Å². The number of hydrogen-bond donors (Lipinski definition) is 2. The van der Waals surface area contributed by atoms with Crippen LogP contribution in [0.2, 0.25) is 0 Å². The summed E-state index contributed by atoms with van der Waals surface area (Å²) in [5.41, 5.74) is 4.37. The molecule has 1 aromatic rings. The number of nitrogens with one attached hydrogen (secondary N) is 1. The lowest BCUT2D eigenvalue weighted by atomic mass is 10.0. The number of primary amides is 1. The zero-order chi connectivity index (χ0) is 16.3. The van der Waals surface area contributed by atoms with Crippen LogP contribution in [-0.2, 0) is 14.6 Å². The van der Waals surface area contributed by atoms with Gasteiger partial charge in [-0.25, -0.2) is 8.42 Å². The third kappa shape index (κ3) is 5.02. The zero-order valence-electron chi connectivity index (χ0n) is 12.7. The van der Waals surface area contributed by atoms with Crippen LogP contribution in [-0.4, -0.2) is 38.8 Å². The molecule has 0 aliphatic carbocycles. The van der Waals surface area contributed by atoms with Crippen LogP contribution >= 0.6 is 0 Å². The summed E-state index contributed by atoms with van der Waals surface area (Å²) < 4.78 is 28.5. The minimum Gasteiger partial charge on any atom is -0.491 e. The van der Waals surface area contributed by atoms with E-state index in [2.05, 4.69) is 5.32 Å². The Kier molecular flexibility index (Phi) is 5.36. The quantitative estimate of drug-likeness (QED) is 0.772. The maximum absolute atomic E-state index is 11.6. The maximum atomic E-state index is 11.6. The molecule has 0 fully saturated rings. The second kappa shape index (κ2) is 6.44. The smallest absolute Gasteiger partial charge is 0.240 e. The van der Waals surface area contributed by atoms with Gasteiger partial charge >= 0.3 is 0 Å². The third-order valence-corrected chi connectivity index (χ3v) is 4.02. The summed E-state index contributed by atoms with van der Waals surface area (Å²) in [5.74, 6) is -0.161. The summed E-state index contributed by atoms with van der Waals surface area (Å²) in [6.07, 6.45) is 1.12. The van der Waals surface area contributed by atoms with Gasteiger partial charge in [0.15, 0.2) is 9.84 Å². The highest BCUT2D eigenvalue weighted by molar-refractivity contribution is 7.90. The van der Waals surface area contributed by atoms with Crippen LogP contribution in [0.3, 0.4) is 0 Å². The van der Waals surface area contributed by atoms with Crippen molar-refractivity contribution in [1.29, 1.82) is 0 Å². The van der Waals surface area contributed by atoms with Gasteiger partial charge in [0.25, 0.3) is 0 Å². The first kappa shape index (κ1) is 17.5. The number of amides is 1. The van der Waals surface area contributed by atoms with Crippen LogP contribution in [0.25, 0.3) is 0 Å². The predicted molar refractivity (Wildman–Crippen MR) is 80.9 cm³/mol. The molecule has 21 heavy (non-hydrogen) atoms. The summed E-state index contributed by atoms with van der Waals surface area (Å²) in [6, 6.07) is 6.18. The molecular formula is C14H22N2O4S. The molecule has 3 N–H and O–H groups in total. The van der Waals surface area contributed by atoms with Crippen LogP contribution in [0.15, 0.2) is 29.2 Å². The lowest BCUT2D eigenvalue weighted by molar-refractivity contribution is -0.125. The summed E-state index contributed by atoms with van der Waals surface area (Å²) in [7, 11) is -3.30. The largest absolute Gasteiger partial charge is 0.491 e. The highest BCUT2D eigenvalue weighted by atomic mass is 32.2. The van der Waals surface area contributed by atoms with Crippen molar-refractivity contribution in [2.45, 2.75) is 37.2 Å². The molecule has 1 aromatic carbocycles. The Balaban J connectivity index is 2.89. The van der Waals surface area contributed by atoms with Gasteiger partial charge in [0, 0.05) is 12.3 Å². The second-order valence-electron chi connectivity index (χ2n) is 5.53. The van der Waals surface area contributed by atoms with E-state index in [-0.39, 0.29) is 17.5 Å². The Hall–Kier alpha value is -1.60. The van der Waals surface area contributed by atoms with Crippen molar-refractivity contribution in [3.05, 3.63) is 24.3 Å². The minimum atomic E-state index is -3.30. The Morgan fingerprint density at radius 1 is 1.43 bits per heavy atom. The van der Waals surface area contributed by atoms with E-state index in [1.54, 1.807) is 19.1 Å². The highest BCUT2D eigenvalue weighted by Gasteiger charge is 2.32. The number of rotatable bonds is 7. The van der Waals surface area contributed by atoms with Gasteiger partial charge in [0.1, 0.15) is 17.9 Å². The topological polar surface area (TPSA) is 98.5 Å². The molecule has 1 amide bonds. The molecule has 1 unspecified atom stereocenters. The van der Waals surface area contributed by atoms with E-state index in [0.29, 0.717) is 5.75 Å². The lowest BCUT2D eigenvalue weighted by Crippen LogP contribution is -2.59. The summed E-state index contributed by atoms with van der Waals surface area (Å²) in [5, 5.41) is 3.05. The molecule has 0 spiro atoms. The summed E-state index contributed by atoms with van der Waals surface area (Å²) in [6.45, 7) is 5.44. The molecule has 1 rings (SSSR count). The number of nitrogens with two attached hydrogens (primary N) is 1. The molecule has 0 bridgehead atoms. The molecule has 118 valence electrons. The Morgan fingerprint density at radius 3 is 2.52 bits per heavy atom. The zero-order valence-corrected chi connectivity index (χ0v) is 13.5. The molecule has 6 nitrogen and oxygen atoms in total. The number of hydrogen-bond acceptors (Lipinski definition) is 5. The van der Waals surface area contributed by atoms with Gasteiger partial charge in [0.2, 0.25) is 5.91 Å². The number of ether oxygens (including phenoxy) is 1. The molecule has 0 aliphatic rings. The summed E-state index contributed by atoms with van der Waals surface area (Å²) in [4.78, 5) is 11.8. The fourth-order valence-corrected chi connectivity index (χ4v) is 2.50. The van der Waals surface area contributed by atoms with Crippen molar-refractivity contribution in [3.8, 4) is 5.75 Å². The van der Waals surface area contributed by atoms with Gasteiger partial charge in [-0.3, -0.25) is 10.1 Å². The van der Waals surface area contributed by atoms with Crippen molar-refractivity contribution in [3.63, 3.8) is 0 Å². The second-order valence-corrected chi connectivity index (χ2v) is 7.55. The predicted octanol–water partition coefficient (Wildman–Crippen LogP) is 0.711. The number of benzene rings is 1. The summed E-state index contributed by atoms with van der Waals surface area (Å²) >= 11 is 0. The first-order chi connectivity index (χ1) is 9.54. The van der Waals surface area contributed by atoms with Gasteiger partial charge in [-0.1, -0.05) is 6.07 Å². The Bertz CT molecular complexity index is 613. The monoisotopic (exact) mass is 314 g/mol. The van der Waals surface area contributed by atoms with Gasteiger partial charge in [-0.2, -0.15) is 0 Å². The van der Waals surface area contributed by atoms with E-state index in [1.165, 1.54) is 12.1 Å². The molecule has 0 aliphatic heterocycles. The van der Waals surface area contributed by atoms with E-state index in [9.17, 15) is 13.2 Å². The molecule has 0 saturated carbocycles. The molecule has 0 heterocycles. The fraction of sp³-hybridized carbons (Fsp3) is 0.500. The lowest BCUT2D eigenvalue weighted by Gasteiger charge is -2.29. The van der Waals surface area contributed by atoms with Gasteiger partial charge in [0.05, 0.1) is 4.90 Å². The normalized spacial score (nSPS) is 14.7. The highest BCUT2D eigenvalue weighted by Crippen LogP contribution is 2.19. The fourth-order valence-electron chi connectivity index (χ4n) is 1.84. The van der Waals surface area contributed by atoms with E-state index in [1.807, 2.05) is 13.8 Å². The van der Waals surface area contributed by atoms with Crippen LogP contribution < -0.4 is 15.8 Å². The van der Waals surface area contributed by atoms with Crippen LogP contribution in [0.4, 0.5) is 0 Å². The van der Waals surface area contributed by atoms with Crippen molar-refractivity contribution in [2.75, 3.05) is 12.9 Å². The molecular weight excluding hydrogens is 292 g/mol. The number of carbonyl (C=O) groups excluding carboxylic acids is 1.